The van der Waals surface area contributed by atoms with E-state index in [-0.39, 0.29) is 11.5 Å². The summed E-state index contributed by atoms with van der Waals surface area (Å²) in [6.45, 7) is 8.27. The van der Waals surface area contributed by atoms with Gasteiger partial charge in [0.25, 0.3) is 0 Å². The molecule has 1 aliphatic rings. The maximum Gasteiger partial charge on any atom is 0.152 e. The van der Waals surface area contributed by atoms with Gasteiger partial charge in [-0.1, -0.05) is 0 Å². The third kappa shape index (κ3) is 6.21. The van der Waals surface area contributed by atoms with E-state index in [0.29, 0.717) is 19.1 Å². The van der Waals surface area contributed by atoms with Crippen molar-refractivity contribution in [3.63, 3.8) is 0 Å². The van der Waals surface area contributed by atoms with Gasteiger partial charge < -0.3 is 4.90 Å². The first-order valence-electron chi connectivity index (χ1n) is 7.38. The molecule has 0 radical (unpaired) electrons. The second-order valence-corrected chi connectivity index (χ2v) is 8.50. The Kier molecular flexibility index (Phi) is 6.44. The van der Waals surface area contributed by atoms with Crippen LogP contribution in [0.2, 0.25) is 0 Å². The van der Waals surface area contributed by atoms with E-state index < -0.39 is 15.4 Å². The number of rotatable bonds is 7. The zero-order chi connectivity index (χ0) is 15.2. The van der Waals surface area contributed by atoms with Gasteiger partial charge in [-0.15, -0.1) is 0 Å². The van der Waals surface area contributed by atoms with E-state index in [0.717, 1.165) is 25.8 Å². The molecule has 5 nitrogen and oxygen atoms in total. The Balaban J connectivity index is 2.23. The molecule has 1 fully saturated rings. The molecule has 0 aromatic carbocycles. The number of nitrogens with zero attached hydrogens (tertiary/aromatic N) is 2. The van der Waals surface area contributed by atoms with Gasteiger partial charge in [-0.25, -0.2) is 8.42 Å². The Labute approximate surface area is 123 Å². The molecule has 0 aliphatic carbocycles. The van der Waals surface area contributed by atoms with E-state index in [4.69, 9.17) is 0 Å². The van der Waals surface area contributed by atoms with Gasteiger partial charge in [-0.3, -0.25) is 5.32 Å². The van der Waals surface area contributed by atoms with Crippen LogP contribution < -0.4 is 5.32 Å². The molecule has 1 saturated heterocycles. The normalized spacial score (nSPS) is 22.4. The summed E-state index contributed by atoms with van der Waals surface area (Å²) < 4.78 is 22.7. The first kappa shape index (κ1) is 17.4. The predicted molar refractivity (Wildman–Crippen MR) is 81.2 cm³/mol. The summed E-state index contributed by atoms with van der Waals surface area (Å²) in [4.78, 5) is 2.21. The van der Waals surface area contributed by atoms with E-state index in [9.17, 15) is 13.7 Å². The number of hydrogen-bond donors (Lipinski definition) is 1. The summed E-state index contributed by atoms with van der Waals surface area (Å²) in [5, 5.41) is 12.6. The summed E-state index contributed by atoms with van der Waals surface area (Å²) in [6.07, 6.45) is 2.82. The summed E-state index contributed by atoms with van der Waals surface area (Å²) in [5.41, 5.74) is -0.459. The molecule has 1 unspecified atom stereocenters. The number of unbranched alkanes of at least 4 members (excludes halogenated alkanes) is 1. The average Bonchev–Trinajstić information content (AvgIpc) is 2.35. The van der Waals surface area contributed by atoms with Crippen LogP contribution in [0.15, 0.2) is 0 Å². The fourth-order valence-electron chi connectivity index (χ4n) is 2.59. The predicted octanol–water partition coefficient (Wildman–Crippen LogP) is 1.17. The lowest BCUT2D eigenvalue weighted by Crippen LogP contribution is -2.45. The fraction of sp³-hybridized carbons (Fsp3) is 0.929. The van der Waals surface area contributed by atoms with Crippen molar-refractivity contribution in [2.75, 3.05) is 31.1 Å². The molecule has 1 atom stereocenters. The zero-order valence-corrected chi connectivity index (χ0v) is 13.7. The van der Waals surface area contributed by atoms with Gasteiger partial charge in [0.15, 0.2) is 9.84 Å². The Hall–Kier alpha value is -0.640. The Morgan fingerprint density at radius 3 is 2.40 bits per heavy atom. The van der Waals surface area contributed by atoms with Crippen molar-refractivity contribution in [2.24, 2.45) is 0 Å². The second kappa shape index (κ2) is 7.39. The van der Waals surface area contributed by atoms with E-state index in [1.165, 1.54) is 0 Å². The standard InChI is InChI=1S/C14H27N3O2S/c1-13(2)16-14(3,12-15)6-4-5-7-17-8-10-20(18,19)11-9-17/h13,16H,4-11H2,1-3H3. The van der Waals surface area contributed by atoms with Crippen LogP contribution in [0.1, 0.15) is 40.0 Å². The van der Waals surface area contributed by atoms with Crippen LogP contribution >= 0.6 is 0 Å². The first-order valence-corrected chi connectivity index (χ1v) is 9.20. The van der Waals surface area contributed by atoms with Crippen LogP contribution in [0.5, 0.6) is 0 Å². The van der Waals surface area contributed by atoms with Crippen LogP contribution in [0.25, 0.3) is 0 Å². The lowest BCUT2D eigenvalue weighted by Gasteiger charge is -2.28. The minimum Gasteiger partial charge on any atom is -0.301 e. The molecule has 0 bridgehead atoms. The molecule has 1 heterocycles. The molecule has 0 spiro atoms. The minimum atomic E-state index is -2.78. The van der Waals surface area contributed by atoms with Gasteiger partial charge in [0, 0.05) is 19.1 Å². The number of nitrogens with one attached hydrogen (secondary N) is 1. The SMILES string of the molecule is CC(C)NC(C)(C#N)CCCCN1CCS(=O)(=O)CC1. The van der Waals surface area contributed by atoms with Crippen LogP contribution in [-0.2, 0) is 9.84 Å². The van der Waals surface area contributed by atoms with Crippen LogP contribution in [-0.4, -0.2) is 56.0 Å². The third-order valence-corrected chi connectivity index (χ3v) is 5.30. The highest BCUT2D eigenvalue weighted by molar-refractivity contribution is 7.91. The molecule has 0 saturated carbocycles. The minimum absolute atomic E-state index is 0.289. The molecular formula is C14H27N3O2S. The Morgan fingerprint density at radius 2 is 1.90 bits per heavy atom. The molecule has 0 aromatic heterocycles. The van der Waals surface area contributed by atoms with Crippen molar-refractivity contribution < 1.29 is 8.42 Å². The fourth-order valence-corrected chi connectivity index (χ4v) is 3.86. The van der Waals surface area contributed by atoms with Crippen molar-refractivity contribution in [3.05, 3.63) is 0 Å². The van der Waals surface area contributed by atoms with Crippen molar-refractivity contribution >= 4 is 9.84 Å². The molecular weight excluding hydrogens is 274 g/mol. The van der Waals surface area contributed by atoms with Gasteiger partial charge >= 0.3 is 0 Å². The highest BCUT2D eigenvalue weighted by Crippen LogP contribution is 2.15. The number of nitriles is 1. The lowest BCUT2D eigenvalue weighted by atomic mass is 9.95. The molecule has 116 valence electrons. The van der Waals surface area contributed by atoms with Crippen molar-refractivity contribution in [2.45, 2.75) is 51.6 Å². The summed E-state index contributed by atoms with van der Waals surface area (Å²) in [7, 11) is -2.78. The maximum atomic E-state index is 11.3. The van der Waals surface area contributed by atoms with Crippen LogP contribution in [0.4, 0.5) is 0 Å². The Bertz CT molecular complexity index is 428. The van der Waals surface area contributed by atoms with Crippen LogP contribution in [0.3, 0.4) is 0 Å². The van der Waals surface area contributed by atoms with Crippen molar-refractivity contribution in [3.8, 4) is 6.07 Å². The topological polar surface area (TPSA) is 73.2 Å². The second-order valence-electron chi connectivity index (χ2n) is 6.19. The first-order chi connectivity index (χ1) is 9.26. The van der Waals surface area contributed by atoms with E-state index in [2.05, 4.69) is 16.3 Å². The molecule has 1 rings (SSSR count). The zero-order valence-electron chi connectivity index (χ0n) is 12.9. The molecule has 0 amide bonds. The van der Waals surface area contributed by atoms with E-state index >= 15 is 0 Å². The average molecular weight is 301 g/mol. The highest BCUT2D eigenvalue weighted by Gasteiger charge is 2.24. The Morgan fingerprint density at radius 1 is 1.30 bits per heavy atom. The largest absolute Gasteiger partial charge is 0.301 e. The lowest BCUT2D eigenvalue weighted by molar-refractivity contribution is 0.280. The van der Waals surface area contributed by atoms with Gasteiger partial charge in [0.05, 0.1) is 17.6 Å². The van der Waals surface area contributed by atoms with Crippen molar-refractivity contribution in [1.29, 1.82) is 5.26 Å². The maximum absolute atomic E-state index is 11.3. The number of hydrogen-bond acceptors (Lipinski definition) is 5. The molecule has 1 N–H and O–H groups in total. The highest BCUT2D eigenvalue weighted by atomic mass is 32.2. The quantitative estimate of drug-likeness (QED) is 0.715. The van der Waals surface area contributed by atoms with Gasteiger partial charge in [0.2, 0.25) is 0 Å². The third-order valence-electron chi connectivity index (χ3n) is 3.69. The molecule has 1 aliphatic heterocycles. The molecule has 6 heteroatoms. The molecule has 0 aromatic rings. The monoisotopic (exact) mass is 301 g/mol. The van der Waals surface area contributed by atoms with Crippen LogP contribution in [0, 0.1) is 11.3 Å². The summed E-state index contributed by atoms with van der Waals surface area (Å²) >= 11 is 0. The van der Waals surface area contributed by atoms with Gasteiger partial charge in [-0.05, 0) is 46.6 Å². The summed E-state index contributed by atoms with van der Waals surface area (Å²) in [5.74, 6) is 0.579. The van der Waals surface area contributed by atoms with Crippen molar-refractivity contribution in [1.82, 2.24) is 10.2 Å². The summed E-state index contributed by atoms with van der Waals surface area (Å²) in [6, 6.07) is 2.65. The number of sulfone groups is 1. The molecule has 20 heavy (non-hydrogen) atoms. The van der Waals surface area contributed by atoms with Gasteiger partial charge in [0.1, 0.15) is 5.54 Å². The van der Waals surface area contributed by atoms with E-state index in [1.54, 1.807) is 0 Å². The smallest absolute Gasteiger partial charge is 0.152 e. The van der Waals surface area contributed by atoms with Gasteiger partial charge in [-0.2, -0.15) is 5.26 Å². The van der Waals surface area contributed by atoms with E-state index in [1.807, 2.05) is 20.8 Å².